The third-order valence-corrected chi connectivity index (χ3v) is 3.48. The molecule has 0 heterocycles. The summed E-state index contributed by atoms with van der Waals surface area (Å²) in [4.78, 5) is 0. The lowest BCUT2D eigenvalue weighted by molar-refractivity contribution is 0.541. The number of nitrogens with two attached hydrogens (primary N) is 2. The van der Waals surface area contributed by atoms with Gasteiger partial charge in [-0.1, -0.05) is 64.0 Å². The summed E-state index contributed by atoms with van der Waals surface area (Å²) in [6.45, 7) is 2.26. The molecule has 1 rings (SSSR count). The van der Waals surface area contributed by atoms with Crippen LogP contribution in [0.3, 0.4) is 0 Å². The molecule has 0 saturated heterocycles. The minimum atomic E-state index is 0.168. The quantitative estimate of drug-likeness (QED) is 0.502. The van der Waals surface area contributed by atoms with Gasteiger partial charge < -0.3 is 11.5 Å². The lowest BCUT2D eigenvalue weighted by Gasteiger charge is -2.12. The predicted molar refractivity (Wildman–Crippen MR) is 80.4 cm³/mol. The van der Waals surface area contributed by atoms with Crippen LogP contribution in [0, 0.1) is 0 Å². The molecule has 18 heavy (non-hydrogen) atoms. The standard InChI is InChI=1S/C16H28N2/c1-2-3-4-5-6-7-8-9-16(18)14-10-12-15(17)13-11-14/h10-13,16H,2-9,17-18H2,1H3. The Hall–Kier alpha value is -1.02. The Labute approximate surface area is 112 Å². The molecule has 0 radical (unpaired) electrons. The van der Waals surface area contributed by atoms with E-state index in [9.17, 15) is 0 Å². The Morgan fingerprint density at radius 1 is 0.889 bits per heavy atom. The third-order valence-electron chi connectivity index (χ3n) is 3.48. The first-order valence-corrected chi connectivity index (χ1v) is 7.35. The molecule has 0 aliphatic rings. The summed E-state index contributed by atoms with van der Waals surface area (Å²) in [5.74, 6) is 0. The van der Waals surface area contributed by atoms with Gasteiger partial charge in [0.25, 0.3) is 0 Å². The Morgan fingerprint density at radius 2 is 1.44 bits per heavy atom. The fourth-order valence-corrected chi connectivity index (χ4v) is 2.23. The van der Waals surface area contributed by atoms with Gasteiger partial charge in [-0.25, -0.2) is 0 Å². The van der Waals surface area contributed by atoms with Gasteiger partial charge in [0.15, 0.2) is 0 Å². The van der Waals surface area contributed by atoms with Crippen molar-refractivity contribution in [3.63, 3.8) is 0 Å². The summed E-state index contributed by atoms with van der Waals surface area (Å²) in [6, 6.07) is 8.11. The number of hydrogen-bond donors (Lipinski definition) is 2. The smallest absolute Gasteiger partial charge is 0.0314 e. The molecule has 0 aliphatic carbocycles. The third kappa shape index (κ3) is 6.06. The van der Waals surface area contributed by atoms with Gasteiger partial charge in [-0.3, -0.25) is 0 Å². The molecule has 1 atom stereocenters. The van der Waals surface area contributed by atoms with E-state index in [0.29, 0.717) is 0 Å². The average molecular weight is 248 g/mol. The zero-order valence-corrected chi connectivity index (χ0v) is 11.7. The van der Waals surface area contributed by atoms with Crippen LogP contribution in [0.5, 0.6) is 0 Å². The van der Waals surface area contributed by atoms with Crippen LogP contribution in [0.4, 0.5) is 5.69 Å². The van der Waals surface area contributed by atoms with E-state index in [1.165, 1.54) is 50.5 Å². The molecule has 0 fully saturated rings. The Kier molecular flexibility index (Phi) is 7.51. The first kappa shape index (κ1) is 15.0. The highest BCUT2D eigenvalue weighted by Crippen LogP contribution is 2.19. The van der Waals surface area contributed by atoms with Crippen molar-refractivity contribution in [1.82, 2.24) is 0 Å². The van der Waals surface area contributed by atoms with Crippen LogP contribution in [-0.4, -0.2) is 0 Å². The van der Waals surface area contributed by atoms with Crippen molar-refractivity contribution in [1.29, 1.82) is 0 Å². The van der Waals surface area contributed by atoms with E-state index in [4.69, 9.17) is 11.5 Å². The molecule has 0 aliphatic heterocycles. The summed E-state index contributed by atoms with van der Waals surface area (Å²) < 4.78 is 0. The van der Waals surface area contributed by atoms with Gasteiger partial charge in [0.1, 0.15) is 0 Å². The highest BCUT2D eigenvalue weighted by Gasteiger charge is 2.04. The summed E-state index contributed by atoms with van der Waals surface area (Å²) in [5.41, 5.74) is 13.8. The molecule has 4 N–H and O–H groups in total. The SMILES string of the molecule is CCCCCCCCCC(N)c1ccc(N)cc1. The summed E-state index contributed by atoms with van der Waals surface area (Å²) >= 11 is 0. The normalized spacial score (nSPS) is 12.6. The summed E-state index contributed by atoms with van der Waals surface area (Å²) in [5, 5.41) is 0. The fourth-order valence-electron chi connectivity index (χ4n) is 2.23. The number of unbranched alkanes of at least 4 members (excludes halogenated alkanes) is 6. The summed E-state index contributed by atoms with van der Waals surface area (Å²) in [6.07, 6.45) is 10.5. The number of benzene rings is 1. The highest BCUT2D eigenvalue weighted by atomic mass is 14.6. The van der Waals surface area contributed by atoms with Crippen LogP contribution in [-0.2, 0) is 0 Å². The Morgan fingerprint density at radius 3 is 2.06 bits per heavy atom. The molecule has 0 aromatic heterocycles. The number of rotatable bonds is 9. The molecule has 1 unspecified atom stereocenters. The minimum absolute atomic E-state index is 0.168. The Balaban J connectivity index is 2.10. The molecule has 102 valence electrons. The maximum atomic E-state index is 6.17. The van der Waals surface area contributed by atoms with E-state index < -0.39 is 0 Å². The first-order valence-electron chi connectivity index (χ1n) is 7.35. The van der Waals surface area contributed by atoms with Crippen LogP contribution in [0.1, 0.15) is 69.9 Å². The number of nitrogen functional groups attached to an aromatic ring is 1. The van der Waals surface area contributed by atoms with E-state index in [1.807, 2.05) is 24.3 Å². The van der Waals surface area contributed by atoms with Crippen molar-refractivity contribution in [2.75, 3.05) is 5.73 Å². The van der Waals surface area contributed by atoms with Gasteiger partial charge in [-0.2, -0.15) is 0 Å². The lowest BCUT2D eigenvalue weighted by atomic mass is 10.00. The zero-order valence-electron chi connectivity index (χ0n) is 11.7. The van der Waals surface area contributed by atoms with E-state index in [2.05, 4.69) is 6.92 Å². The first-order chi connectivity index (χ1) is 8.74. The molecular weight excluding hydrogens is 220 g/mol. The van der Waals surface area contributed by atoms with Crippen molar-refractivity contribution in [2.45, 2.75) is 64.3 Å². The minimum Gasteiger partial charge on any atom is -0.399 e. The van der Waals surface area contributed by atoms with E-state index >= 15 is 0 Å². The van der Waals surface area contributed by atoms with Crippen molar-refractivity contribution < 1.29 is 0 Å². The van der Waals surface area contributed by atoms with Gasteiger partial charge in [-0.05, 0) is 24.1 Å². The van der Waals surface area contributed by atoms with Crippen LogP contribution in [0.2, 0.25) is 0 Å². The number of hydrogen-bond acceptors (Lipinski definition) is 2. The lowest BCUT2D eigenvalue weighted by Crippen LogP contribution is -2.10. The molecule has 1 aromatic carbocycles. The van der Waals surface area contributed by atoms with Crippen LogP contribution in [0.15, 0.2) is 24.3 Å². The zero-order chi connectivity index (χ0) is 13.2. The van der Waals surface area contributed by atoms with Crippen LogP contribution in [0.25, 0.3) is 0 Å². The second-order valence-corrected chi connectivity index (χ2v) is 5.18. The van der Waals surface area contributed by atoms with Crippen molar-refractivity contribution in [3.8, 4) is 0 Å². The molecule has 0 saturated carbocycles. The average Bonchev–Trinajstić information content (AvgIpc) is 2.38. The largest absolute Gasteiger partial charge is 0.399 e. The fraction of sp³-hybridized carbons (Fsp3) is 0.625. The topological polar surface area (TPSA) is 52.0 Å². The highest BCUT2D eigenvalue weighted by molar-refractivity contribution is 5.40. The van der Waals surface area contributed by atoms with Crippen LogP contribution >= 0.6 is 0 Å². The van der Waals surface area contributed by atoms with E-state index in [-0.39, 0.29) is 6.04 Å². The van der Waals surface area contributed by atoms with Gasteiger partial charge in [0.2, 0.25) is 0 Å². The van der Waals surface area contributed by atoms with Crippen molar-refractivity contribution >= 4 is 5.69 Å². The van der Waals surface area contributed by atoms with Gasteiger partial charge in [0, 0.05) is 11.7 Å². The van der Waals surface area contributed by atoms with Gasteiger partial charge in [-0.15, -0.1) is 0 Å². The van der Waals surface area contributed by atoms with E-state index in [0.717, 1.165) is 12.1 Å². The maximum absolute atomic E-state index is 6.17. The molecule has 1 aromatic rings. The molecule has 0 spiro atoms. The van der Waals surface area contributed by atoms with Crippen molar-refractivity contribution in [3.05, 3.63) is 29.8 Å². The molecule has 2 nitrogen and oxygen atoms in total. The Bertz CT molecular complexity index is 305. The number of anilines is 1. The van der Waals surface area contributed by atoms with Crippen molar-refractivity contribution in [2.24, 2.45) is 5.73 Å². The molecule has 0 bridgehead atoms. The second-order valence-electron chi connectivity index (χ2n) is 5.18. The summed E-state index contributed by atoms with van der Waals surface area (Å²) in [7, 11) is 0. The van der Waals surface area contributed by atoms with Gasteiger partial charge in [0.05, 0.1) is 0 Å². The second kappa shape index (κ2) is 8.98. The van der Waals surface area contributed by atoms with E-state index in [1.54, 1.807) is 0 Å². The maximum Gasteiger partial charge on any atom is 0.0314 e. The van der Waals surface area contributed by atoms with Gasteiger partial charge >= 0.3 is 0 Å². The molecule has 2 heteroatoms. The molecular formula is C16H28N2. The molecule has 0 amide bonds. The predicted octanol–water partition coefficient (Wildman–Crippen LogP) is 4.41. The van der Waals surface area contributed by atoms with Crippen LogP contribution < -0.4 is 11.5 Å². The monoisotopic (exact) mass is 248 g/mol.